The van der Waals surface area contributed by atoms with Gasteiger partial charge in [0.05, 0.1) is 6.61 Å². The van der Waals surface area contributed by atoms with Crippen molar-refractivity contribution in [3.63, 3.8) is 0 Å². The van der Waals surface area contributed by atoms with E-state index in [0.29, 0.717) is 48.2 Å². The van der Waals surface area contributed by atoms with Crippen LogP contribution in [-0.2, 0) is 25.5 Å². The number of amides is 1. The first kappa shape index (κ1) is 32.0. The van der Waals surface area contributed by atoms with Gasteiger partial charge in [0.25, 0.3) is 5.91 Å². The minimum absolute atomic E-state index is 0.0248. The Balaban J connectivity index is 1.65. The molecule has 1 aliphatic rings. The molecule has 4 rings (SSSR count). The molecule has 228 valence electrons. The molecule has 2 N–H and O–H groups in total. The largest absolute Gasteiger partial charge is 0.494 e. The summed E-state index contributed by atoms with van der Waals surface area (Å²) < 4.78 is 17.7. The van der Waals surface area contributed by atoms with Crippen LogP contribution < -0.4 is 10.1 Å². The highest BCUT2D eigenvalue weighted by Crippen LogP contribution is 2.43. The molecular weight excluding hydrogens is 568 g/mol. The van der Waals surface area contributed by atoms with E-state index in [1.165, 1.54) is 0 Å². The Morgan fingerprint density at radius 3 is 2.37 bits per heavy atom. The Morgan fingerprint density at radius 1 is 1.02 bits per heavy atom. The van der Waals surface area contributed by atoms with Crippen molar-refractivity contribution < 1.29 is 28.9 Å². The lowest BCUT2D eigenvalue weighted by Crippen LogP contribution is -2.49. The summed E-state index contributed by atoms with van der Waals surface area (Å²) in [5.41, 5.74) is 0.376. The summed E-state index contributed by atoms with van der Waals surface area (Å²) in [7, 11) is 0. The van der Waals surface area contributed by atoms with Crippen molar-refractivity contribution in [1.82, 2.24) is 5.32 Å². The highest BCUT2D eigenvalue weighted by atomic mass is 35.5. The molecule has 3 aromatic rings. The first-order valence-electron chi connectivity index (χ1n) is 14.5. The molecule has 1 heterocycles. The first-order valence-corrected chi connectivity index (χ1v) is 14.9. The van der Waals surface area contributed by atoms with Crippen molar-refractivity contribution in [2.75, 3.05) is 19.8 Å². The van der Waals surface area contributed by atoms with E-state index in [2.05, 4.69) is 5.32 Å². The van der Waals surface area contributed by atoms with Gasteiger partial charge < -0.3 is 24.6 Å². The Morgan fingerprint density at radius 2 is 1.72 bits per heavy atom. The number of halogens is 1. The van der Waals surface area contributed by atoms with Crippen LogP contribution in [0.2, 0.25) is 5.02 Å². The van der Waals surface area contributed by atoms with E-state index in [4.69, 9.17) is 35.9 Å². The van der Waals surface area contributed by atoms with Crippen molar-refractivity contribution in [3.8, 4) is 5.75 Å². The van der Waals surface area contributed by atoms with Crippen LogP contribution in [0.3, 0.4) is 0 Å². The van der Waals surface area contributed by atoms with E-state index in [0.717, 1.165) is 11.1 Å². The number of rotatable bonds is 13. The summed E-state index contributed by atoms with van der Waals surface area (Å²) in [6.07, 6.45) is 0.408. The Hall–Kier alpha value is -3.88. The molecule has 9 heteroatoms. The van der Waals surface area contributed by atoms with Crippen molar-refractivity contribution in [3.05, 3.63) is 101 Å². The molecule has 0 saturated carbocycles. The predicted octanol–water partition coefficient (Wildman–Crippen LogP) is 5.84. The van der Waals surface area contributed by atoms with Crippen LogP contribution in [0.25, 0.3) is 0 Å². The van der Waals surface area contributed by atoms with Gasteiger partial charge in [0.15, 0.2) is 11.6 Å². The second-order valence-corrected chi connectivity index (χ2v) is 11.9. The fourth-order valence-corrected chi connectivity index (χ4v) is 4.93. The number of ether oxygens (including phenoxy) is 3. The van der Waals surface area contributed by atoms with Gasteiger partial charge in [0.1, 0.15) is 11.4 Å². The first-order chi connectivity index (χ1) is 20.6. The number of aliphatic imine (C=N–C) groups is 1. The number of nitrogens with zero attached hydrogens (tertiary/aromatic N) is 1. The number of esters is 1. The summed E-state index contributed by atoms with van der Waals surface area (Å²) in [6, 6.07) is 24.1. The fourth-order valence-electron chi connectivity index (χ4n) is 4.81. The SMILES string of the molecule is CC(C)(C)OC(=O)CC[C@@]1(C(=O)NCCc2ccc(Cl)cc2)N=C(c2ccc(OCCCO)cc2)O[C@@H]1c1ccccc1. The highest BCUT2D eigenvalue weighted by molar-refractivity contribution is 6.30. The monoisotopic (exact) mass is 606 g/mol. The van der Waals surface area contributed by atoms with Crippen LogP contribution in [0.1, 0.15) is 62.8 Å². The minimum Gasteiger partial charge on any atom is -0.494 e. The van der Waals surface area contributed by atoms with Gasteiger partial charge in [-0.15, -0.1) is 0 Å². The molecule has 1 amide bonds. The fraction of sp³-hybridized carbons (Fsp3) is 0.382. The molecule has 0 aliphatic carbocycles. The van der Waals surface area contributed by atoms with Gasteiger partial charge in [-0.25, -0.2) is 4.99 Å². The number of aliphatic hydroxyl groups is 1. The number of aliphatic hydroxyl groups excluding tert-OH is 1. The molecule has 1 aliphatic heterocycles. The predicted molar refractivity (Wildman–Crippen MR) is 166 cm³/mol. The van der Waals surface area contributed by atoms with E-state index in [9.17, 15) is 9.59 Å². The Bertz CT molecular complexity index is 1390. The van der Waals surface area contributed by atoms with Gasteiger partial charge in [-0.05, 0) is 81.1 Å². The summed E-state index contributed by atoms with van der Waals surface area (Å²) in [6.45, 7) is 6.24. The third-order valence-corrected chi connectivity index (χ3v) is 7.13. The van der Waals surface area contributed by atoms with Crippen LogP contribution >= 0.6 is 11.6 Å². The molecule has 0 fully saturated rings. The van der Waals surface area contributed by atoms with Gasteiger partial charge in [-0.1, -0.05) is 54.1 Å². The summed E-state index contributed by atoms with van der Waals surface area (Å²) in [5.74, 6) is 0.192. The number of nitrogens with one attached hydrogen (secondary N) is 1. The molecular formula is C34H39ClN2O6. The summed E-state index contributed by atoms with van der Waals surface area (Å²) in [4.78, 5) is 32.0. The zero-order chi connectivity index (χ0) is 30.9. The zero-order valence-electron chi connectivity index (χ0n) is 24.8. The van der Waals surface area contributed by atoms with Crippen LogP contribution in [0, 0.1) is 0 Å². The lowest BCUT2D eigenvalue weighted by atomic mass is 9.83. The maximum absolute atomic E-state index is 14.2. The van der Waals surface area contributed by atoms with E-state index >= 15 is 0 Å². The molecule has 0 bridgehead atoms. The van der Waals surface area contributed by atoms with Crippen LogP contribution in [0.4, 0.5) is 0 Å². The van der Waals surface area contributed by atoms with Crippen LogP contribution in [0.15, 0.2) is 83.9 Å². The van der Waals surface area contributed by atoms with E-state index < -0.39 is 23.2 Å². The molecule has 8 nitrogen and oxygen atoms in total. The van der Waals surface area contributed by atoms with Crippen molar-refractivity contribution in [2.45, 2.75) is 63.7 Å². The molecule has 0 saturated heterocycles. The van der Waals surface area contributed by atoms with Gasteiger partial charge in [-0.3, -0.25) is 9.59 Å². The number of hydrogen-bond donors (Lipinski definition) is 2. The van der Waals surface area contributed by atoms with E-state index in [1.807, 2.05) is 87.5 Å². The average molecular weight is 607 g/mol. The lowest BCUT2D eigenvalue weighted by molar-refractivity contribution is -0.155. The van der Waals surface area contributed by atoms with Gasteiger partial charge in [0, 0.05) is 36.6 Å². The molecule has 0 aromatic heterocycles. The second kappa shape index (κ2) is 14.5. The normalized spacial score (nSPS) is 18.0. The van der Waals surface area contributed by atoms with Gasteiger partial charge in [-0.2, -0.15) is 0 Å². The molecule has 43 heavy (non-hydrogen) atoms. The number of benzene rings is 3. The van der Waals surface area contributed by atoms with Crippen LogP contribution in [0.5, 0.6) is 5.75 Å². The number of carbonyl (C=O) groups excluding carboxylic acids is 2. The minimum atomic E-state index is -1.43. The third kappa shape index (κ3) is 8.81. The quantitative estimate of drug-likeness (QED) is 0.187. The molecule has 0 spiro atoms. The third-order valence-electron chi connectivity index (χ3n) is 6.88. The topological polar surface area (TPSA) is 106 Å². The maximum Gasteiger partial charge on any atom is 0.306 e. The highest BCUT2D eigenvalue weighted by Gasteiger charge is 2.53. The number of hydrogen-bond acceptors (Lipinski definition) is 7. The van der Waals surface area contributed by atoms with Crippen LogP contribution in [-0.4, -0.2) is 53.8 Å². The summed E-state index contributed by atoms with van der Waals surface area (Å²) >= 11 is 6.02. The Labute approximate surface area is 258 Å². The van der Waals surface area contributed by atoms with Crippen molar-refractivity contribution >= 4 is 29.4 Å². The zero-order valence-corrected chi connectivity index (χ0v) is 25.6. The summed E-state index contributed by atoms with van der Waals surface area (Å²) in [5, 5.41) is 12.7. The second-order valence-electron chi connectivity index (χ2n) is 11.4. The average Bonchev–Trinajstić information content (AvgIpc) is 3.38. The molecule has 3 aromatic carbocycles. The van der Waals surface area contributed by atoms with Gasteiger partial charge in [0.2, 0.25) is 5.90 Å². The maximum atomic E-state index is 14.2. The van der Waals surface area contributed by atoms with Crippen molar-refractivity contribution in [1.29, 1.82) is 0 Å². The smallest absolute Gasteiger partial charge is 0.306 e. The number of carbonyl (C=O) groups is 2. The van der Waals surface area contributed by atoms with E-state index in [1.54, 1.807) is 12.1 Å². The Kier molecular flexibility index (Phi) is 10.8. The molecule has 0 unspecified atom stereocenters. The molecule has 2 atom stereocenters. The standard InChI is InChI=1S/C34H39ClN2O6/c1-33(2,3)43-29(39)18-20-34(32(40)36-21-19-24-10-14-27(35)15-11-24)30(25-8-5-4-6-9-25)42-31(37-34)26-12-16-28(17-13-26)41-23-7-22-38/h4-6,8-17,30,38H,7,18-23H2,1-3H3,(H,36,40)/t30-,34-/m1/s1. The lowest BCUT2D eigenvalue weighted by Gasteiger charge is -2.31. The molecule has 0 radical (unpaired) electrons. The van der Waals surface area contributed by atoms with E-state index in [-0.39, 0.29) is 25.4 Å². The van der Waals surface area contributed by atoms with Gasteiger partial charge >= 0.3 is 5.97 Å². The van der Waals surface area contributed by atoms with Crippen molar-refractivity contribution in [2.24, 2.45) is 4.99 Å².